The van der Waals surface area contributed by atoms with Crippen LogP contribution in [0.25, 0.3) is 5.95 Å². The van der Waals surface area contributed by atoms with Gasteiger partial charge >= 0.3 is 6.18 Å². The van der Waals surface area contributed by atoms with Gasteiger partial charge in [0, 0.05) is 6.54 Å². The second-order valence-electron chi connectivity index (χ2n) is 3.56. The highest BCUT2D eigenvalue weighted by molar-refractivity contribution is 5.36. The molecule has 2 aromatic heterocycles. The largest absolute Gasteiger partial charge is 0.390 e. The lowest BCUT2D eigenvalue weighted by atomic mass is 10.4. The zero-order chi connectivity index (χ0) is 14.6. The smallest absolute Gasteiger partial charge is 0.354 e. The van der Waals surface area contributed by atoms with E-state index in [1.54, 1.807) is 0 Å². The van der Waals surface area contributed by atoms with Crippen LogP contribution in [0, 0.1) is 0 Å². The van der Waals surface area contributed by atoms with Crippen LogP contribution in [0.5, 0.6) is 0 Å². The van der Waals surface area contributed by atoms with Crippen LogP contribution < -0.4 is 16.6 Å². The highest BCUT2D eigenvalue weighted by atomic mass is 19.4. The number of anilines is 2. The third kappa shape index (κ3) is 3.74. The third-order valence-corrected chi connectivity index (χ3v) is 2.07. The second-order valence-corrected chi connectivity index (χ2v) is 3.56. The van der Waals surface area contributed by atoms with Gasteiger partial charge in [-0.05, 0) is 0 Å². The molecule has 0 aliphatic carbocycles. The summed E-state index contributed by atoms with van der Waals surface area (Å²) in [5.74, 6) is 5.19. The number of aromatic nitrogens is 6. The summed E-state index contributed by atoms with van der Waals surface area (Å²) in [5, 5.41) is 6.24. The fourth-order valence-corrected chi connectivity index (χ4v) is 1.24. The first-order valence-corrected chi connectivity index (χ1v) is 5.36. The lowest BCUT2D eigenvalue weighted by Crippen LogP contribution is -2.19. The predicted octanol–water partition coefficient (Wildman–Crippen LogP) is 0.102. The Kier molecular flexibility index (Phi) is 3.93. The van der Waals surface area contributed by atoms with E-state index in [2.05, 4.69) is 35.8 Å². The number of nitrogens with zero attached hydrogens (tertiary/aromatic N) is 6. The molecule has 2 rings (SSSR count). The van der Waals surface area contributed by atoms with Crippen molar-refractivity contribution in [3.05, 3.63) is 12.7 Å². The molecule has 108 valence electrons. The standard InChI is InChI=1S/C8H10F3N9/c9-8(10,11)1-2-14-5-16-6(19-12)18-7(17-5)20-4-13-3-15-20/h3-4H,1-2,12H2,(H2,14,16,17,18,19). The van der Waals surface area contributed by atoms with Crippen LogP contribution in [0.2, 0.25) is 0 Å². The van der Waals surface area contributed by atoms with Gasteiger partial charge in [-0.2, -0.15) is 37.9 Å². The highest BCUT2D eigenvalue weighted by Gasteiger charge is 2.26. The maximum absolute atomic E-state index is 12.1. The molecule has 9 nitrogen and oxygen atoms in total. The van der Waals surface area contributed by atoms with Gasteiger partial charge < -0.3 is 5.32 Å². The van der Waals surface area contributed by atoms with Crippen molar-refractivity contribution >= 4 is 11.9 Å². The molecular formula is C8H10F3N9. The van der Waals surface area contributed by atoms with Crippen LogP contribution in [-0.2, 0) is 0 Å². The van der Waals surface area contributed by atoms with Crippen molar-refractivity contribution < 1.29 is 13.2 Å². The van der Waals surface area contributed by atoms with E-state index in [9.17, 15) is 13.2 Å². The minimum absolute atomic E-state index is 0.0139. The molecule has 2 heterocycles. The molecule has 4 N–H and O–H groups in total. The van der Waals surface area contributed by atoms with Crippen molar-refractivity contribution in [2.24, 2.45) is 5.84 Å². The van der Waals surface area contributed by atoms with Gasteiger partial charge in [-0.25, -0.2) is 10.8 Å². The second kappa shape index (κ2) is 5.64. The number of nitrogen functional groups attached to an aromatic ring is 1. The number of alkyl halides is 3. The van der Waals surface area contributed by atoms with Crippen LogP contribution in [-0.4, -0.2) is 42.4 Å². The van der Waals surface area contributed by atoms with Gasteiger partial charge in [-0.15, -0.1) is 0 Å². The monoisotopic (exact) mass is 289 g/mol. The summed E-state index contributed by atoms with van der Waals surface area (Å²) in [6, 6.07) is 0. The number of nitrogens with one attached hydrogen (secondary N) is 2. The van der Waals surface area contributed by atoms with Gasteiger partial charge in [0.15, 0.2) is 0 Å². The molecule has 0 spiro atoms. The first kappa shape index (κ1) is 13.9. The van der Waals surface area contributed by atoms with E-state index in [0.717, 1.165) is 0 Å². The molecule has 0 fully saturated rings. The van der Waals surface area contributed by atoms with E-state index in [-0.39, 0.29) is 24.4 Å². The number of rotatable bonds is 5. The Morgan fingerprint density at radius 1 is 1.20 bits per heavy atom. The minimum Gasteiger partial charge on any atom is -0.354 e. The van der Waals surface area contributed by atoms with E-state index >= 15 is 0 Å². The lowest BCUT2D eigenvalue weighted by Gasteiger charge is -2.09. The number of nitrogens with two attached hydrogens (primary N) is 1. The molecule has 0 atom stereocenters. The summed E-state index contributed by atoms with van der Waals surface area (Å²) >= 11 is 0. The van der Waals surface area contributed by atoms with Crippen molar-refractivity contribution in [2.75, 3.05) is 17.3 Å². The fourth-order valence-electron chi connectivity index (χ4n) is 1.24. The normalized spacial score (nSPS) is 11.4. The van der Waals surface area contributed by atoms with Crippen LogP contribution in [0.1, 0.15) is 6.42 Å². The molecule has 0 saturated carbocycles. The molecule has 0 saturated heterocycles. The number of hydrazine groups is 1. The molecule has 0 bridgehead atoms. The lowest BCUT2D eigenvalue weighted by molar-refractivity contribution is -0.131. The Morgan fingerprint density at radius 3 is 2.55 bits per heavy atom. The Hall–Kier alpha value is -2.50. The number of hydrogen-bond acceptors (Lipinski definition) is 8. The van der Waals surface area contributed by atoms with Crippen molar-refractivity contribution in [3.8, 4) is 5.95 Å². The molecular weight excluding hydrogens is 279 g/mol. The maximum atomic E-state index is 12.1. The molecule has 20 heavy (non-hydrogen) atoms. The predicted molar refractivity (Wildman–Crippen MR) is 61.7 cm³/mol. The summed E-state index contributed by atoms with van der Waals surface area (Å²) < 4.78 is 37.4. The Bertz CT molecular complexity index is 553. The van der Waals surface area contributed by atoms with Crippen molar-refractivity contribution in [1.29, 1.82) is 0 Å². The van der Waals surface area contributed by atoms with Gasteiger partial charge in [-0.1, -0.05) is 0 Å². The van der Waals surface area contributed by atoms with Crippen molar-refractivity contribution in [3.63, 3.8) is 0 Å². The highest BCUT2D eigenvalue weighted by Crippen LogP contribution is 2.19. The minimum atomic E-state index is -4.26. The fraction of sp³-hybridized carbons (Fsp3) is 0.375. The average molecular weight is 289 g/mol. The zero-order valence-corrected chi connectivity index (χ0v) is 9.96. The van der Waals surface area contributed by atoms with Gasteiger partial charge in [0.2, 0.25) is 11.9 Å². The van der Waals surface area contributed by atoms with Crippen LogP contribution >= 0.6 is 0 Å². The molecule has 12 heteroatoms. The van der Waals surface area contributed by atoms with Gasteiger partial charge in [0.05, 0.1) is 6.42 Å². The maximum Gasteiger partial charge on any atom is 0.390 e. The topological polar surface area (TPSA) is 119 Å². The Balaban J connectivity index is 2.14. The quantitative estimate of drug-likeness (QED) is 0.524. The summed E-state index contributed by atoms with van der Waals surface area (Å²) in [6.45, 7) is -0.367. The van der Waals surface area contributed by atoms with Gasteiger partial charge in [0.1, 0.15) is 12.7 Å². The van der Waals surface area contributed by atoms with Crippen LogP contribution in [0.3, 0.4) is 0 Å². The molecule has 0 aromatic carbocycles. The zero-order valence-electron chi connectivity index (χ0n) is 9.96. The third-order valence-electron chi connectivity index (χ3n) is 2.07. The van der Waals surface area contributed by atoms with E-state index in [1.807, 2.05) is 0 Å². The summed E-state index contributed by atoms with van der Waals surface area (Å²) in [6.07, 6.45) is -2.68. The summed E-state index contributed by atoms with van der Waals surface area (Å²) in [5.41, 5.74) is 2.19. The number of halogens is 3. The van der Waals surface area contributed by atoms with E-state index in [1.165, 1.54) is 17.3 Å². The molecule has 0 aliphatic rings. The molecule has 0 aliphatic heterocycles. The van der Waals surface area contributed by atoms with Crippen molar-refractivity contribution in [1.82, 2.24) is 29.7 Å². The summed E-state index contributed by atoms with van der Waals surface area (Å²) in [4.78, 5) is 15.3. The van der Waals surface area contributed by atoms with Crippen LogP contribution in [0.15, 0.2) is 12.7 Å². The van der Waals surface area contributed by atoms with Crippen LogP contribution in [0.4, 0.5) is 25.1 Å². The summed E-state index contributed by atoms with van der Waals surface area (Å²) in [7, 11) is 0. The SMILES string of the molecule is NNc1nc(NCCC(F)(F)F)nc(-n2cncn2)n1. The van der Waals surface area contributed by atoms with Gasteiger partial charge in [-0.3, -0.25) is 5.43 Å². The molecule has 0 radical (unpaired) electrons. The van der Waals surface area contributed by atoms with E-state index in [0.29, 0.717) is 0 Å². The first-order chi connectivity index (χ1) is 9.48. The van der Waals surface area contributed by atoms with E-state index in [4.69, 9.17) is 5.84 Å². The first-order valence-electron chi connectivity index (χ1n) is 5.36. The Morgan fingerprint density at radius 2 is 1.95 bits per heavy atom. The van der Waals surface area contributed by atoms with E-state index < -0.39 is 12.6 Å². The number of hydrogen-bond donors (Lipinski definition) is 3. The Labute approximate surface area is 110 Å². The molecule has 2 aromatic rings. The van der Waals surface area contributed by atoms with Crippen molar-refractivity contribution in [2.45, 2.75) is 12.6 Å². The average Bonchev–Trinajstić information content (AvgIpc) is 2.90. The molecule has 0 amide bonds. The molecule has 0 unspecified atom stereocenters. The van der Waals surface area contributed by atoms with Gasteiger partial charge in [0.25, 0.3) is 5.95 Å².